The first-order valence-electron chi connectivity index (χ1n) is 6.84. The van der Waals surface area contributed by atoms with Crippen molar-refractivity contribution in [3.05, 3.63) is 59.9 Å². The van der Waals surface area contributed by atoms with Gasteiger partial charge in [-0.25, -0.2) is 4.98 Å². The molecule has 0 bridgehead atoms. The van der Waals surface area contributed by atoms with Gasteiger partial charge in [0.05, 0.1) is 5.57 Å². The average molecular weight is 287 g/mol. The average Bonchev–Trinajstić information content (AvgIpc) is 2.95. The summed E-state index contributed by atoms with van der Waals surface area (Å²) in [6.07, 6.45) is 5.15. The number of hydrogen-bond donors (Lipinski definition) is 1. The Kier molecular flexibility index (Phi) is 3.55. The number of aromatic nitrogens is 2. The van der Waals surface area contributed by atoms with Gasteiger partial charge in [0, 0.05) is 28.9 Å². The van der Waals surface area contributed by atoms with Crippen molar-refractivity contribution in [3.8, 4) is 17.2 Å². The van der Waals surface area contributed by atoms with Crippen molar-refractivity contribution in [2.75, 3.05) is 0 Å². The van der Waals surface area contributed by atoms with Crippen LogP contribution in [0.3, 0.4) is 0 Å². The normalized spacial score (nSPS) is 11.4. The first kappa shape index (κ1) is 13.8. The molecule has 0 atom stereocenters. The van der Waals surface area contributed by atoms with Crippen LogP contribution in [0.4, 0.5) is 0 Å². The number of nitriles is 1. The summed E-state index contributed by atoms with van der Waals surface area (Å²) in [5, 5.41) is 9.92. The summed E-state index contributed by atoms with van der Waals surface area (Å²) in [6, 6.07) is 13.9. The molecule has 0 saturated heterocycles. The smallest absolute Gasteiger partial charge is 0.170 e. The highest BCUT2D eigenvalue weighted by Crippen LogP contribution is 2.25. The van der Waals surface area contributed by atoms with Crippen LogP contribution in [0.25, 0.3) is 28.2 Å². The van der Waals surface area contributed by atoms with Crippen LogP contribution in [-0.2, 0) is 4.79 Å². The van der Waals surface area contributed by atoms with E-state index in [1.165, 1.54) is 6.92 Å². The van der Waals surface area contributed by atoms with Gasteiger partial charge in [0.2, 0.25) is 0 Å². The lowest BCUT2D eigenvalue weighted by Crippen LogP contribution is -1.92. The van der Waals surface area contributed by atoms with Crippen molar-refractivity contribution in [2.24, 2.45) is 0 Å². The maximum Gasteiger partial charge on any atom is 0.170 e. The highest BCUT2D eigenvalue weighted by Gasteiger charge is 2.08. The maximum absolute atomic E-state index is 11.4. The third-order valence-corrected chi connectivity index (χ3v) is 3.47. The second-order valence-corrected chi connectivity index (χ2v) is 4.96. The molecule has 2 aromatic heterocycles. The Bertz CT molecular complexity index is 914. The molecule has 0 saturated carbocycles. The molecule has 1 N–H and O–H groups in total. The van der Waals surface area contributed by atoms with Crippen LogP contribution in [0.1, 0.15) is 12.5 Å². The number of aromatic amines is 1. The van der Waals surface area contributed by atoms with Crippen molar-refractivity contribution in [1.29, 1.82) is 5.26 Å². The first-order chi connectivity index (χ1) is 10.7. The Morgan fingerprint density at radius 1 is 1.27 bits per heavy atom. The lowest BCUT2D eigenvalue weighted by Gasteiger charge is -2.01. The van der Waals surface area contributed by atoms with Crippen LogP contribution >= 0.6 is 0 Å². The van der Waals surface area contributed by atoms with E-state index in [2.05, 4.69) is 9.97 Å². The van der Waals surface area contributed by atoms with Crippen molar-refractivity contribution >= 4 is 22.9 Å². The lowest BCUT2D eigenvalue weighted by atomic mass is 10.0. The first-order valence-corrected chi connectivity index (χ1v) is 6.84. The van der Waals surface area contributed by atoms with Crippen LogP contribution in [0, 0.1) is 11.3 Å². The second-order valence-electron chi connectivity index (χ2n) is 4.96. The zero-order valence-electron chi connectivity index (χ0n) is 12.0. The van der Waals surface area contributed by atoms with E-state index in [-0.39, 0.29) is 11.4 Å². The number of Topliss-reactive ketones (excluding diaryl/α,β-unsaturated/α-hetero) is 1. The van der Waals surface area contributed by atoms with E-state index >= 15 is 0 Å². The van der Waals surface area contributed by atoms with Gasteiger partial charge in [0.1, 0.15) is 11.7 Å². The molecule has 3 aromatic rings. The number of benzene rings is 1. The molecule has 4 nitrogen and oxygen atoms in total. The van der Waals surface area contributed by atoms with Crippen LogP contribution in [0.2, 0.25) is 0 Å². The van der Waals surface area contributed by atoms with Crippen molar-refractivity contribution in [3.63, 3.8) is 0 Å². The summed E-state index contributed by atoms with van der Waals surface area (Å²) >= 11 is 0. The van der Waals surface area contributed by atoms with Gasteiger partial charge in [-0.2, -0.15) is 5.26 Å². The Hall–Kier alpha value is -3.19. The van der Waals surface area contributed by atoms with Crippen LogP contribution < -0.4 is 0 Å². The van der Waals surface area contributed by atoms with Gasteiger partial charge in [-0.1, -0.05) is 30.3 Å². The number of rotatable bonds is 3. The molecule has 0 aliphatic carbocycles. The topological polar surface area (TPSA) is 69.5 Å². The zero-order chi connectivity index (χ0) is 15.5. The second kappa shape index (κ2) is 5.66. The van der Waals surface area contributed by atoms with E-state index in [0.29, 0.717) is 0 Å². The fraction of sp³-hybridized carbons (Fsp3) is 0.0556. The molecule has 4 heteroatoms. The molecule has 0 amide bonds. The number of nitrogens with zero attached hydrogens (tertiary/aromatic N) is 2. The summed E-state index contributed by atoms with van der Waals surface area (Å²) in [4.78, 5) is 18.9. The Balaban J connectivity index is 2.14. The van der Waals surface area contributed by atoms with Crippen molar-refractivity contribution in [1.82, 2.24) is 9.97 Å². The van der Waals surface area contributed by atoms with Gasteiger partial charge in [-0.3, -0.25) is 4.79 Å². The summed E-state index contributed by atoms with van der Waals surface area (Å²) in [5.41, 5.74) is 3.70. The van der Waals surface area contributed by atoms with Gasteiger partial charge >= 0.3 is 0 Å². The zero-order valence-corrected chi connectivity index (χ0v) is 12.0. The third kappa shape index (κ3) is 2.52. The number of carbonyl (C=O) groups excluding carboxylic acids is 1. The molecule has 0 fully saturated rings. The maximum atomic E-state index is 11.4. The fourth-order valence-electron chi connectivity index (χ4n) is 2.30. The van der Waals surface area contributed by atoms with E-state index in [1.54, 1.807) is 18.5 Å². The van der Waals surface area contributed by atoms with E-state index in [0.717, 1.165) is 27.7 Å². The fourth-order valence-corrected chi connectivity index (χ4v) is 2.30. The van der Waals surface area contributed by atoms with Gasteiger partial charge in [-0.05, 0) is 24.6 Å². The molecule has 0 radical (unpaired) electrons. The number of ketones is 1. The highest BCUT2D eigenvalue weighted by atomic mass is 16.1. The Morgan fingerprint density at radius 3 is 2.73 bits per heavy atom. The summed E-state index contributed by atoms with van der Waals surface area (Å²) in [6.45, 7) is 1.39. The molecule has 1 aromatic carbocycles. The summed E-state index contributed by atoms with van der Waals surface area (Å²) in [5.74, 6) is -0.246. The number of H-pyrrole nitrogens is 1. The third-order valence-electron chi connectivity index (χ3n) is 3.47. The van der Waals surface area contributed by atoms with E-state index < -0.39 is 0 Å². The summed E-state index contributed by atoms with van der Waals surface area (Å²) < 4.78 is 0. The molecule has 3 rings (SSSR count). The SMILES string of the molecule is CC(=O)/C(C#N)=C/c1c[nH]c2ncc(-c3ccccc3)cc12. The Labute approximate surface area is 127 Å². The van der Waals surface area contributed by atoms with Gasteiger partial charge < -0.3 is 4.98 Å². The molecule has 0 spiro atoms. The standard InChI is InChI=1S/C18H13N3O/c1-12(22)14(9-19)7-16-11-21-18-17(16)8-15(10-20-18)13-5-3-2-4-6-13/h2-8,10-11H,1H3,(H,20,21)/b14-7+. The van der Waals surface area contributed by atoms with Crippen molar-refractivity contribution in [2.45, 2.75) is 6.92 Å². The molecule has 106 valence electrons. The predicted molar refractivity (Wildman–Crippen MR) is 85.8 cm³/mol. The highest BCUT2D eigenvalue weighted by molar-refractivity contribution is 6.03. The predicted octanol–water partition coefficient (Wildman–Crippen LogP) is 3.73. The number of carbonyl (C=O) groups is 1. The largest absolute Gasteiger partial charge is 0.346 e. The molecule has 2 heterocycles. The Morgan fingerprint density at radius 2 is 2.05 bits per heavy atom. The van der Waals surface area contributed by atoms with E-state index in [1.807, 2.05) is 42.5 Å². The number of allylic oxidation sites excluding steroid dienone is 1. The van der Waals surface area contributed by atoms with E-state index in [9.17, 15) is 4.79 Å². The van der Waals surface area contributed by atoms with Gasteiger partial charge in [-0.15, -0.1) is 0 Å². The number of pyridine rings is 1. The molecule has 0 unspecified atom stereocenters. The van der Waals surface area contributed by atoms with Crippen molar-refractivity contribution < 1.29 is 4.79 Å². The van der Waals surface area contributed by atoms with Crippen LogP contribution in [-0.4, -0.2) is 15.8 Å². The molecular weight excluding hydrogens is 274 g/mol. The van der Waals surface area contributed by atoms with Gasteiger partial charge in [0.15, 0.2) is 5.78 Å². The molecule has 22 heavy (non-hydrogen) atoms. The minimum absolute atomic E-state index is 0.131. The molecular formula is C18H13N3O. The molecule has 0 aliphatic heterocycles. The van der Waals surface area contributed by atoms with Crippen LogP contribution in [0.15, 0.2) is 54.4 Å². The minimum atomic E-state index is -0.246. The number of hydrogen-bond acceptors (Lipinski definition) is 3. The van der Waals surface area contributed by atoms with Gasteiger partial charge in [0.25, 0.3) is 0 Å². The minimum Gasteiger partial charge on any atom is -0.346 e. The lowest BCUT2D eigenvalue weighted by molar-refractivity contribution is -0.113. The van der Waals surface area contributed by atoms with Crippen LogP contribution in [0.5, 0.6) is 0 Å². The number of nitrogens with one attached hydrogen (secondary N) is 1. The monoisotopic (exact) mass is 287 g/mol. The number of fused-ring (bicyclic) bond motifs is 1. The quantitative estimate of drug-likeness (QED) is 0.589. The summed E-state index contributed by atoms with van der Waals surface area (Å²) in [7, 11) is 0. The molecule has 0 aliphatic rings. The van der Waals surface area contributed by atoms with E-state index in [4.69, 9.17) is 5.26 Å².